The molecule has 136 valence electrons. The Bertz CT molecular complexity index is 828. The first kappa shape index (κ1) is 17.2. The standard InChI is InChI=1S/C23H27NO2/c1-17(2)11-14-24-15-12-23(13-16-24)18-7-4-5-9-20(18)26-22-19(23)8-6-10-21(22)25-3/h4-11H,12-16H2,1-3H3. The van der Waals surface area contributed by atoms with E-state index in [1.807, 2.05) is 6.07 Å². The average molecular weight is 349 g/mol. The number of likely N-dealkylation sites (tertiary alicyclic amines) is 1. The second-order valence-electron chi connectivity index (χ2n) is 7.60. The van der Waals surface area contributed by atoms with Gasteiger partial charge < -0.3 is 9.47 Å². The molecule has 1 spiro atoms. The Morgan fingerprint density at radius 3 is 2.54 bits per heavy atom. The van der Waals surface area contributed by atoms with Gasteiger partial charge in [-0.1, -0.05) is 42.0 Å². The Morgan fingerprint density at radius 2 is 1.81 bits per heavy atom. The van der Waals surface area contributed by atoms with Crippen molar-refractivity contribution in [2.24, 2.45) is 0 Å². The molecule has 2 aliphatic heterocycles. The third kappa shape index (κ3) is 2.80. The van der Waals surface area contributed by atoms with Crippen LogP contribution >= 0.6 is 0 Å². The molecule has 0 aliphatic carbocycles. The van der Waals surface area contributed by atoms with E-state index in [0.717, 1.165) is 49.7 Å². The number of rotatable bonds is 3. The van der Waals surface area contributed by atoms with E-state index in [-0.39, 0.29) is 5.41 Å². The van der Waals surface area contributed by atoms with E-state index in [1.54, 1.807) is 7.11 Å². The Kier molecular flexibility index (Phi) is 4.49. The van der Waals surface area contributed by atoms with Crippen molar-refractivity contribution in [2.45, 2.75) is 32.1 Å². The maximum Gasteiger partial charge on any atom is 0.173 e. The normalized spacial score (nSPS) is 17.8. The Balaban J connectivity index is 1.74. The summed E-state index contributed by atoms with van der Waals surface area (Å²) in [5.41, 5.74) is 4.00. The van der Waals surface area contributed by atoms with Gasteiger partial charge in [0.15, 0.2) is 11.5 Å². The highest BCUT2D eigenvalue weighted by Crippen LogP contribution is 2.55. The van der Waals surface area contributed by atoms with Gasteiger partial charge in [-0.15, -0.1) is 0 Å². The summed E-state index contributed by atoms with van der Waals surface area (Å²) in [7, 11) is 1.72. The lowest BCUT2D eigenvalue weighted by molar-refractivity contribution is 0.185. The number of fused-ring (bicyclic) bond motifs is 4. The van der Waals surface area contributed by atoms with Crippen LogP contribution in [0.5, 0.6) is 17.2 Å². The Hall–Kier alpha value is -2.26. The average Bonchev–Trinajstić information content (AvgIpc) is 2.67. The summed E-state index contributed by atoms with van der Waals surface area (Å²) in [5.74, 6) is 2.69. The molecular formula is C23H27NO2. The predicted molar refractivity (Wildman–Crippen MR) is 105 cm³/mol. The van der Waals surface area contributed by atoms with E-state index in [4.69, 9.17) is 9.47 Å². The Morgan fingerprint density at radius 1 is 1.08 bits per heavy atom. The van der Waals surface area contributed by atoms with Gasteiger partial charge in [0, 0.05) is 23.1 Å². The molecule has 0 N–H and O–H groups in total. The molecule has 4 rings (SSSR count). The van der Waals surface area contributed by atoms with Crippen LogP contribution in [0, 0.1) is 0 Å². The maximum absolute atomic E-state index is 6.28. The molecular weight excluding hydrogens is 322 g/mol. The number of allylic oxidation sites excluding steroid dienone is 1. The van der Waals surface area contributed by atoms with Crippen LogP contribution < -0.4 is 9.47 Å². The van der Waals surface area contributed by atoms with Gasteiger partial charge in [-0.2, -0.15) is 0 Å². The first-order valence-corrected chi connectivity index (χ1v) is 9.44. The first-order valence-electron chi connectivity index (χ1n) is 9.44. The third-order valence-corrected chi connectivity index (χ3v) is 5.80. The summed E-state index contributed by atoms with van der Waals surface area (Å²) in [6, 6.07) is 14.8. The smallest absolute Gasteiger partial charge is 0.173 e. The maximum atomic E-state index is 6.28. The van der Waals surface area contributed by atoms with E-state index >= 15 is 0 Å². The highest BCUT2D eigenvalue weighted by Gasteiger charge is 2.44. The number of hydrogen-bond acceptors (Lipinski definition) is 3. The SMILES string of the molecule is COc1cccc2c1Oc1ccccc1C21CCN(CC=C(C)C)CC1. The van der Waals surface area contributed by atoms with Gasteiger partial charge >= 0.3 is 0 Å². The van der Waals surface area contributed by atoms with Crippen LogP contribution in [0.4, 0.5) is 0 Å². The van der Waals surface area contributed by atoms with Gasteiger partial charge in [0.2, 0.25) is 0 Å². The minimum atomic E-state index is 0.0141. The minimum absolute atomic E-state index is 0.0141. The van der Waals surface area contributed by atoms with Gasteiger partial charge in [0.25, 0.3) is 0 Å². The van der Waals surface area contributed by atoms with E-state index in [0.29, 0.717) is 0 Å². The molecule has 2 heterocycles. The lowest BCUT2D eigenvalue weighted by Crippen LogP contribution is -2.44. The van der Waals surface area contributed by atoms with Crippen LogP contribution in [0.1, 0.15) is 37.8 Å². The molecule has 0 aromatic heterocycles. The molecule has 2 aromatic rings. The molecule has 1 fully saturated rings. The van der Waals surface area contributed by atoms with Crippen molar-refractivity contribution >= 4 is 0 Å². The van der Waals surface area contributed by atoms with Gasteiger partial charge in [0.05, 0.1) is 7.11 Å². The topological polar surface area (TPSA) is 21.7 Å². The summed E-state index contributed by atoms with van der Waals surface area (Å²) in [4.78, 5) is 2.55. The van der Waals surface area contributed by atoms with Crippen LogP contribution in [0.3, 0.4) is 0 Å². The van der Waals surface area contributed by atoms with Crippen LogP contribution in [-0.4, -0.2) is 31.6 Å². The molecule has 2 aromatic carbocycles. The second-order valence-corrected chi connectivity index (χ2v) is 7.60. The van der Waals surface area contributed by atoms with Crippen molar-refractivity contribution in [3.63, 3.8) is 0 Å². The molecule has 26 heavy (non-hydrogen) atoms. The third-order valence-electron chi connectivity index (χ3n) is 5.80. The van der Waals surface area contributed by atoms with Gasteiger partial charge in [-0.25, -0.2) is 0 Å². The molecule has 3 nitrogen and oxygen atoms in total. The van der Waals surface area contributed by atoms with Crippen molar-refractivity contribution in [2.75, 3.05) is 26.7 Å². The van der Waals surface area contributed by atoms with E-state index < -0.39 is 0 Å². The second kappa shape index (κ2) is 6.81. The molecule has 0 unspecified atom stereocenters. The number of ether oxygens (including phenoxy) is 2. The van der Waals surface area contributed by atoms with Crippen molar-refractivity contribution in [3.8, 4) is 17.2 Å². The summed E-state index contributed by atoms with van der Waals surface area (Å²) in [6.07, 6.45) is 4.53. The number of methoxy groups -OCH3 is 1. The zero-order chi connectivity index (χ0) is 18.1. The van der Waals surface area contributed by atoms with E-state index in [2.05, 4.69) is 61.2 Å². The van der Waals surface area contributed by atoms with Gasteiger partial charge in [-0.05, 0) is 51.9 Å². The fraction of sp³-hybridized carbons (Fsp3) is 0.391. The Labute approximate surface area is 156 Å². The minimum Gasteiger partial charge on any atom is -0.493 e. The highest BCUT2D eigenvalue weighted by molar-refractivity contribution is 5.62. The summed E-state index contributed by atoms with van der Waals surface area (Å²) < 4.78 is 11.9. The lowest BCUT2D eigenvalue weighted by Gasteiger charge is -2.46. The van der Waals surface area contributed by atoms with Crippen LogP contribution in [0.25, 0.3) is 0 Å². The molecule has 0 atom stereocenters. The number of piperidine rings is 1. The fourth-order valence-corrected chi connectivity index (χ4v) is 4.33. The monoisotopic (exact) mass is 349 g/mol. The van der Waals surface area contributed by atoms with Crippen LogP contribution in [-0.2, 0) is 5.41 Å². The van der Waals surface area contributed by atoms with Crippen molar-refractivity contribution in [3.05, 3.63) is 65.2 Å². The summed E-state index contributed by atoms with van der Waals surface area (Å²) in [5, 5.41) is 0. The molecule has 1 saturated heterocycles. The van der Waals surface area contributed by atoms with Gasteiger partial charge in [-0.3, -0.25) is 4.90 Å². The van der Waals surface area contributed by atoms with Crippen molar-refractivity contribution in [1.29, 1.82) is 0 Å². The van der Waals surface area contributed by atoms with Crippen LogP contribution in [0.15, 0.2) is 54.1 Å². The fourth-order valence-electron chi connectivity index (χ4n) is 4.33. The summed E-state index contributed by atoms with van der Waals surface area (Å²) >= 11 is 0. The van der Waals surface area contributed by atoms with E-state index in [1.165, 1.54) is 16.7 Å². The molecule has 0 amide bonds. The molecule has 3 heteroatoms. The highest BCUT2D eigenvalue weighted by atomic mass is 16.5. The quantitative estimate of drug-likeness (QED) is 0.715. The molecule has 0 saturated carbocycles. The van der Waals surface area contributed by atoms with Crippen LogP contribution in [0.2, 0.25) is 0 Å². The van der Waals surface area contributed by atoms with Gasteiger partial charge in [0.1, 0.15) is 5.75 Å². The first-order chi connectivity index (χ1) is 12.6. The predicted octanol–water partition coefficient (Wildman–Crippen LogP) is 5.15. The lowest BCUT2D eigenvalue weighted by atomic mass is 9.66. The largest absolute Gasteiger partial charge is 0.493 e. The number of hydrogen-bond donors (Lipinski definition) is 0. The van der Waals surface area contributed by atoms with Crippen molar-refractivity contribution in [1.82, 2.24) is 4.90 Å². The molecule has 0 radical (unpaired) electrons. The summed E-state index contributed by atoms with van der Waals surface area (Å²) in [6.45, 7) is 7.57. The molecule has 2 aliphatic rings. The van der Waals surface area contributed by atoms with E-state index in [9.17, 15) is 0 Å². The zero-order valence-corrected chi connectivity index (χ0v) is 15.9. The number of benzene rings is 2. The number of para-hydroxylation sites is 2. The number of nitrogens with zero attached hydrogens (tertiary/aromatic N) is 1. The molecule has 0 bridgehead atoms. The van der Waals surface area contributed by atoms with Crippen molar-refractivity contribution < 1.29 is 9.47 Å². The zero-order valence-electron chi connectivity index (χ0n) is 15.9.